The molecule has 0 aliphatic carbocycles. The zero-order chi connectivity index (χ0) is 22.6. The maximum Gasteiger partial charge on any atom is 0.289 e. The molecule has 0 saturated carbocycles. The second-order valence-corrected chi connectivity index (χ2v) is 8.17. The van der Waals surface area contributed by atoms with Crippen molar-refractivity contribution in [2.45, 2.75) is 13.0 Å². The monoisotopic (exact) mass is 445 g/mol. The number of furan rings is 1. The molecule has 170 valence electrons. The first-order chi connectivity index (χ1) is 16.2. The number of carbonyl (C=O) groups excluding carboxylic acids is 1. The van der Waals surface area contributed by atoms with Crippen molar-refractivity contribution < 1.29 is 18.7 Å². The number of hydrogen-bond donors (Lipinski definition) is 0. The highest BCUT2D eigenvalue weighted by Crippen LogP contribution is 2.38. The molecule has 2 aromatic heterocycles. The molecule has 0 radical (unpaired) electrons. The molecule has 4 heterocycles. The number of nitrogens with zero attached hydrogens (tertiary/aromatic N) is 3. The van der Waals surface area contributed by atoms with Gasteiger partial charge in [0.25, 0.3) is 5.91 Å². The molecule has 1 aromatic carbocycles. The molecule has 0 unspecified atom stereocenters. The standard InChI is InChI=1S/C26H27N3O4/c1-31-19-8-9-24-22(17-19)20(21-5-2-10-27-23(21)18-33-24)6-3-11-28-12-14-29(15-13-28)26(30)25-7-4-16-32-25/h2,4-10,16-17H,3,11-15,18H2,1H3/b20-6-. The van der Waals surface area contributed by atoms with E-state index >= 15 is 0 Å². The first-order valence-electron chi connectivity index (χ1n) is 11.2. The Morgan fingerprint density at radius 2 is 2.00 bits per heavy atom. The second-order valence-electron chi connectivity index (χ2n) is 8.17. The fourth-order valence-electron chi connectivity index (χ4n) is 4.40. The van der Waals surface area contributed by atoms with E-state index in [1.54, 1.807) is 25.4 Å². The van der Waals surface area contributed by atoms with Gasteiger partial charge in [-0.2, -0.15) is 0 Å². The highest BCUT2D eigenvalue weighted by molar-refractivity contribution is 5.91. The van der Waals surface area contributed by atoms with Gasteiger partial charge < -0.3 is 18.8 Å². The van der Waals surface area contributed by atoms with E-state index in [1.165, 1.54) is 6.26 Å². The van der Waals surface area contributed by atoms with Crippen molar-refractivity contribution in [3.8, 4) is 11.5 Å². The van der Waals surface area contributed by atoms with E-state index in [0.717, 1.165) is 59.9 Å². The van der Waals surface area contributed by atoms with Crippen LogP contribution in [0.2, 0.25) is 0 Å². The van der Waals surface area contributed by atoms with Crippen LogP contribution in [-0.2, 0) is 6.61 Å². The van der Waals surface area contributed by atoms with E-state index < -0.39 is 0 Å². The van der Waals surface area contributed by atoms with E-state index in [0.29, 0.717) is 25.5 Å². The van der Waals surface area contributed by atoms with Crippen LogP contribution in [0.1, 0.15) is 33.8 Å². The number of amides is 1. The van der Waals surface area contributed by atoms with Gasteiger partial charge in [0.05, 0.1) is 19.1 Å². The van der Waals surface area contributed by atoms with E-state index in [2.05, 4.69) is 22.0 Å². The third kappa shape index (κ3) is 4.50. The summed E-state index contributed by atoms with van der Waals surface area (Å²) >= 11 is 0. The lowest BCUT2D eigenvalue weighted by atomic mass is 9.95. The zero-order valence-corrected chi connectivity index (χ0v) is 18.7. The minimum atomic E-state index is -0.0325. The third-order valence-corrected chi connectivity index (χ3v) is 6.21. The molecule has 2 aliphatic heterocycles. The molecule has 0 N–H and O–H groups in total. The van der Waals surface area contributed by atoms with Gasteiger partial charge in [-0.1, -0.05) is 12.1 Å². The lowest BCUT2D eigenvalue weighted by Gasteiger charge is -2.34. The summed E-state index contributed by atoms with van der Waals surface area (Å²) < 4.78 is 16.8. The third-order valence-electron chi connectivity index (χ3n) is 6.21. The number of fused-ring (bicyclic) bond motifs is 2. The molecule has 33 heavy (non-hydrogen) atoms. The lowest BCUT2D eigenvalue weighted by molar-refractivity contribution is 0.0608. The number of piperazine rings is 1. The molecule has 1 fully saturated rings. The number of rotatable bonds is 5. The Balaban J connectivity index is 1.29. The molecule has 1 amide bonds. The van der Waals surface area contributed by atoms with E-state index in [-0.39, 0.29) is 5.91 Å². The van der Waals surface area contributed by atoms with Crippen LogP contribution in [0.5, 0.6) is 11.5 Å². The second kappa shape index (κ2) is 9.50. The molecular formula is C26H27N3O4. The van der Waals surface area contributed by atoms with Crippen LogP contribution in [0.15, 0.2) is 65.4 Å². The largest absolute Gasteiger partial charge is 0.497 e. The summed E-state index contributed by atoms with van der Waals surface area (Å²) in [4.78, 5) is 21.3. The molecule has 2 aliphatic rings. The first kappa shape index (κ1) is 21.3. The maximum atomic E-state index is 12.5. The molecular weight excluding hydrogens is 418 g/mol. The van der Waals surface area contributed by atoms with E-state index in [9.17, 15) is 4.79 Å². The predicted octanol–water partition coefficient (Wildman–Crippen LogP) is 3.86. The van der Waals surface area contributed by atoms with Crippen LogP contribution in [-0.4, -0.2) is 60.5 Å². The Morgan fingerprint density at radius 1 is 1.12 bits per heavy atom. The highest BCUT2D eigenvalue weighted by atomic mass is 16.5. The number of aromatic nitrogens is 1. The van der Waals surface area contributed by atoms with Crippen LogP contribution in [0.25, 0.3) is 5.57 Å². The van der Waals surface area contributed by atoms with Crippen molar-refractivity contribution in [1.29, 1.82) is 0 Å². The van der Waals surface area contributed by atoms with Crippen LogP contribution < -0.4 is 9.47 Å². The van der Waals surface area contributed by atoms with Gasteiger partial charge in [-0.05, 0) is 48.4 Å². The Labute approximate surface area is 193 Å². The number of pyridine rings is 1. The van der Waals surface area contributed by atoms with Crippen molar-refractivity contribution in [1.82, 2.24) is 14.8 Å². The van der Waals surface area contributed by atoms with E-state index in [1.807, 2.05) is 29.2 Å². The van der Waals surface area contributed by atoms with Crippen LogP contribution in [0.3, 0.4) is 0 Å². The summed E-state index contributed by atoms with van der Waals surface area (Å²) in [5.41, 5.74) is 4.17. The van der Waals surface area contributed by atoms with Gasteiger partial charge >= 0.3 is 0 Å². The number of methoxy groups -OCH3 is 1. The zero-order valence-electron chi connectivity index (χ0n) is 18.7. The smallest absolute Gasteiger partial charge is 0.289 e. The normalized spacial score (nSPS) is 17.1. The minimum absolute atomic E-state index is 0.0325. The quantitative estimate of drug-likeness (QED) is 0.594. The Kier molecular flexibility index (Phi) is 6.13. The minimum Gasteiger partial charge on any atom is -0.497 e. The first-order valence-corrected chi connectivity index (χ1v) is 11.2. The molecule has 7 heteroatoms. The maximum absolute atomic E-state index is 12.5. The number of ether oxygens (including phenoxy) is 2. The average Bonchev–Trinajstić information content (AvgIpc) is 3.36. The molecule has 0 spiro atoms. The van der Waals surface area contributed by atoms with Crippen molar-refractivity contribution >= 4 is 11.5 Å². The van der Waals surface area contributed by atoms with Gasteiger partial charge in [0.1, 0.15) is 18.1 Å². The SMILES string of the molecule is COc1ccc2c(c1)/C(=C\CCN1CCN(C(=O)c3ccco3)CC1)c1cccnc1CO2. The topological polar surface area (TPSA) is 68.0 Å². The predicted molar refractivity (Wildman–Crippen MR) is 124 cm³/mol. The van der Waals surface area contributed by atoms with Crippen molar-refractivity contribution in [3.05, 3.63) is 83.6 Å². The summed E-state index contributed by atoms with van der Waals surface area (Å²) in [6, 6.07) is 13.4. The molecule has 0 atom stereocenters. The van der Waals surface area contributed by atoms with Gasteiger partial charge in [-0.15, -0.1) is 0 Å². The summed E-state index contributed by atoms with van der Waals surface area (Å²) in [7, 11) is 1.68. The van der Waals surface area contributed by atoms with Crippen LogP contribution in [0, 0.1) is 0 Å². The van der Waals surface area contributed by atoms with Gasteiger partial charge in [0, 0.05) is 50.0 Å². The van der Waals surface area contributed by atoms with Crippen molar-refractivity contribution in [2.24, 2.45) is 0 Å². The van der Waals surface area contributed by atoms with Gasteiger partial charge in [-0.3, -0.25) is 14.7 Å². The fourth-order valence-corrected chi connectivity index (χ4v) is 4.40. The van der Waals surface area contributed by atoms with E-state index in [4.69, 9.17) is 13.9 Å². The van der Waals surface area contributed by atoms with Crippen molar-refractivity contribution in [2.75, 3.05) is 39.8 Å². The van der Waals surface area contributed by atoms with Gasteiger partial charge in [-0.25, -0.2) is 0 Å². The fraction of sp³-hybridized carbons (Fsp3) is 0.308. The summed E-state index contributed by atoms with van der Waals surface area (Å²) in [6.07, 6.45) is 6.50. The van der Waals surface area contributed by atoms with Gasteiger partial charge in [0.15, 0.2) is 5.76 Å². The molecule has 3 aromatic rings. The van der Waals surface area contributed by atoms with Crippen LogP contribution in [0.4, 0.5) is 0 Å². The summed E-state index contributed by atoms with van der Waals surface area (Å²) in [5.74, 6) is 2.01. The number of carbonyl (C=O) groups is 1. The van der Waals surface area contributed by atoms with Crippen LogP contribution >= 0.6 is 0 Å². The Morgan fingerprint density at radius 3 is 2.79 bits per heavy atom. The van der Waals surface area contributed by atoms with Crippen molar-refractivity contribution in [3.63, 3.8) is 0 Å². The molecule has 0 bridgehead atoms. The molecule has 5 rings (SSSR count). The molecule has 1 saturated heterocycles. The highest BCUT2D eigenvalue weighted by Gasteiger charge is 2.24. The summed E-state index contributed by atoms with van der Waals surface area (Å²) in [5, 5.41) is 0. The lowest BCUT2D eigenvalue weighted by Crippen LogP contribution is -2.48. The number of hydrogen-bond acceptors (Lipinski definition) is 6. The molecule has 7 nitrogen and oxygen atoms in total. The van der Waals surface area contributed by atoms with Gasteiger partial charge in [0.2, 0.25) is 0 Å². The summed E-state index contributed by atoms with van der Waals surface area (Å²) in [6.45, 7) is 4.47. The Hall–Kier alpha value is -3.58. The average molecular weight is 446 g/mol. The number of benzene rings is 1. The Bertz CT molecular complexity index is 1150.